The smallest absolute Gasteiger partial charge is 0.321 e. The van der Waals surface area contributed by atoms with Gasteiger partial charge < -0.3 is 9.30 Å². The van der Waals surface area contributed by atoms with Crippen LogP contribution in [0.25, 0.3) is 10.9 Å². The third kappa shape index (κ3) is 3.77. The average Bonchev–Trinajstić information content (AvgIpc) is 2.94. The molecule has 5 nitrogen and oxygen atoms in total. The number of aromatic nitrogens is 1. The van der Waals surface area contributed by atoms with Crippen molar-refractivity contribution >= 4 is 26.7 Å². The Morgan fingerprint density at radius 2 is 1.92 bits per heavy atom. The Kier molecular flexibility index (Phi) is 5.08. The molecule has 7 heteroatoms. The number of nitrogens with zero attached hydrogens (tertiary/aromatic N) is 1. The van der Waals surface area contributed by atoms with Crippen LogP contribution in [0.3, 0.4) is 0 Å². The van der Waals surface area contributed by atoms with Crippen LogP contribution in [0.1, 0.15) is 12.5 Å². The molecule has 26 heavy (non-hydrogen) atoms. The lowest BCUT2D eigenvalue weighted by atomic mass is 10.2. The number of hydrogen-bond acceptors (Lipinski definition) is 4. The predicted molar refractivity (Wildman–Crippen MR) is 96.1 cm³/mol. The monoisotopic (exact) mass is 375 g/mol. The van der Waals surface area contributed by atoms with Gasteiger partial charge in [-0.05, 0) is 30.7 Å². The van der Waals surface area contributed by atoms with Crippen molar-refractivity contribution in [1.82, 2.24) is 4.57 Å². The highest BCUT2D eigenvalue weighted by Gasteiger charge is 2.25. The van der Waals surface area contributed by atoms with E-state index in [2.05, 4.69) is 0 Å². The number of para-hydroxylation sites is 1. The van der Waals surface area contributed by atoms with Crippen LogP contribution in [0.2, 0.25) is 0 Å². The zero-order valence-electron chi connectivity index (χ0n) is 14.2. The second kappa shape index (κ2) is 7.29. The number of carbonyl (C=O) groups excluding carboxylic acids is 1. The molecule has 0 bridgehead atoms. The van der Waals surface area contributed by atoms with E-state index in [4.69, 9.17) is 4.74 Å². The van der Waals surface area contributed by atoms with Crippen molar-refractivity contribution in [2.24, 2.45) is 0 Å². The van der Waals surface area contributed by atoms with Crippen LogP contribution in [0.15, 0.2) is 59.6 Å². The number of carbonyl (C=O) groups is 1. The van der Waals surface area contributed by atoms with Crippen molar-refractivity contribution in [3.8, 4) is 0 Å². The van der Waals surface area contributed by atoms with Crippen LogP contribution in [0, 0.1) is 5.82 Å². The molecule has 3 rings (SSSR count). The Labute approximate surface area is 150 Å². The van der Waals surface area contributed by atoms with Gasteiger partial charge in [0.25, 0.3) is 0 Å². The standard InChI is InChI=1S/C19H18FNO4S/c1-2-25-19(22)13-26(23,24)18-12-21(17-9-4-3-8-16(17)18)11-14-6-5-7-15(20)10-14/h3-10,12H,2,11,13H2,1H3. The number of esters is 1. The molecule has 3 aromatic rings. The van der Waals surface area contributed by atoms with Crippen LogP contribution >= 0.6 is 0 Å². The zero-order chi connectivity index (χ0) is 18.7. The summed E-state index contributed by atoms with van der Waals surface area (Å²) in [6.07, 6.45) is 1.49. The SMILES string of the molecule is CCOC(=O)CS(=O)(=O)c1cn(Cc2cccc(F)c2)c2ccccc12. The number of hydrogen-bond donors (Lipinski definition) is 0. The van der Waals surface area contributed by atoms with Crippen LogP contribution in [0.4, 0.5) is 4.39 Å². The molecule has 0 amide bonds. The lowest BCUT2D eigenvalue weighted by molar-refractivity contribution is -0.139. The van der Waals surface area contributed by atoms with Gasteiger partial charge in [0.05, 0.1) is 11.5 Å². The highest BCUT2D eigenvalue weighted by atomic mass is 32.2. The molecular formula is C19H18FNO4S. The summed E-state index contributed by atoms with van der Waals surface area (Å²) < 4.78 is 45.3. The summed E-state index contributed by atoms with van der Waals surface area (Å²) in [6, 6.07) is 13.1. The molecule has 0 N–H and O–H groups in total. The molecule has 0 saturated carbocycles. The van der Waals surface area contributed by atoms with Gasteiger partial charge in [-0.3, -0.25) is 4.79 Å². The quantitative estimate of drug-likeness (QED) is 0.621. The van der Waals surface area contributed by atoms with E-state index in [1.54, 1.807) is 47.9 Å². The van der Waals surface area contributed by atoms with Crippen molar-refractivity contribution in [2.75, 3.05) is 12.4 Å². The number of fused-ring (bicyclic) bond motifs is 1. The predicted octanol–water partition coefficient (Wildman–Crippen LogP) is 3.17. The fraction of sp³-hybridized carbons (Fsp3) is 0.211. The minimum Gasteiger partial charge on any atom is -0.465 e. The highest BCUT2D eigenvalue weighted by molar-refractivity contribution is 7.92. The summed E-state index contributed by atoms with van der Waals surface area (Å²) in [6.45, 7) is 2.05. The minimum atomic E-state index is -3.86. The first kappa shape index (κ1) is 18.1. The highest BCUT2D eigenvalue weighted by Crippen LogP contribution is 2.27. The van der Waals surface area contributed by atoms with Gasteiger partial charge in [-0.15, -0.1) is 0 Å². The van der Waals surface area contributed by atoms with Crippen LogP contribution in [0.5, 0.6) is 0 Å². The summed E-state index contributed by atoms with van der Waals surface area (Å²) in [4.78, 5) is 11.7. The van der Waals surface area contributed by atoms with E-state index in [0.29, 0.717) is 23.0 Å². The van der Waals surface area contributed by atoms with E-state index >= 15 is 0 Å². The largest absolute Gasteiger partial charge is 0.465 e. The average molecular weight is 375 g/mol. The van der Waals surface area contributed by atoms with E-state index in [1.165, 1.54) is 18.3 Å². The molecule has 0 aliphatic heterocycles. The summed E-state index contributed by atoms with van der Waals surface area (Å²) in [7, 11) is -3.86. The van der Waals surface area contributed by atoms with Gasteiger partial charge in [0.1, 0.15) is 5.82 Å². The zero-order valence-corrected chi connectivity index (χ0v) is 15.0. The minimum absolute atomic E-state index is 0.0672. The second-order valence-corrected chi connectivity index (χ2v) is 7.79. The summed E-state index contributed by atoms with van der Waals surface area (Å²) >= 11 is 0. The molecule has 136 valence electrons. The Hall–Kier alpha value is -2.67. The van der Waals surface area contributed by atoms with Crippen molar-refractivity contribution in [3.63, 3.8) is 0 Å². The normalized spacial score (nSPS) is 11.6. The maximum absolute atomic E-state index is 13.4. The molecule has 0 aliphatic carbocycles. The van der Waals surface area contributed by atoms with Gasteiger partial charge in [-0.1, -0.05) is 30.3 Å². The van der Waals surface area contributed by atoms with Crippen LogP contribution < -0.4 is 0 Å². The molecule has 2 aromatic carbocycles. The Morgan fingerprint density at radius 1 is 1.15 bits per heavy atom. The van der Waals surface area contributed by atoms with Gasteiger partial charge in [0.2, 0.25) is 0 Å². The number of rotatable bonds is 6. The molecule has 0 aliphatic rings. The third-order valence-corrected chi connectivity index (χ3v) is 5.55. The van der Waals surface area contributed by atoms with E-state index in [9.17, 15) is 17.6 Å². The summed E-state index contributed by atoms with van der Waals surface area (Å²) in [5.41, 5.74) is 1.40. The van der Waals surface area contributed by atoms with E-state index in [0.717, 1.165) is 0 Å². The Bertz CT molecular complexity index is 1060. The first-order valence-electron chi connectivity index (χ1n) is 8.11. The number of sulfone groups is 1. The van der Waals surface area contributed by atoms with Gasteiger partial charge in [-0.2, -0.15) is 0 Å². The Morgan fingerprint density at radius 3 is 2.65 bits per heavy atom. The van der Waals surface area contributed by atoms with Gasteiger partial charge in [0, 0.05) is 23.6 Å². The number of halogens is 1. The maximum atomic E-state index is 13.4. The molecule has 0 saturated heterocycles. The first-order chi connectivity index (χ1) is 12.4. The van der Waals surface area contributed by atoms with E-state index in [1.807, 2.05) is 0 Å². The van der Waals surface area contributed by atoms with Crippen molar-refractivity contribution < 1.29 is 22.3 Å². The van der Waals surface area contributed by atoms with Gasteiger partial charge >= 0.3 is 5.97 Å². The number of benzene rings is 2. The molecular weight excluding hydrogens is 357 g/mol. The Balaban J connectivity index is 2.03. The maximum Gasteiger partial charge on any atom is 0.321 e. The molecule has 0 atom stereocenters. The van der Waals surface area contributed by atoms with Crippen LogP contribution in [-0.4, -0.2) is 31.3 Å². The molecule has 0 unspecified atom stereocenters. The molecule has 0 fully saturated rings. The lowest BCUT2D eigenvalue weighted by Crippen LogP contribution is -2.18. The fourth-order valence-electron chi connectivity index (χ4n) is 2.86. The molecule has 1 heterocycles. The van der Waals surface area contributed by atoms with E-state index in [-0.39, 0.29) is 17.3 Å². The second-order valence-electron chi connectivity index (χ2n) is 5.83. The topological polar surface area (TPSA) is 65.4 Å². The summed E-state index contributed by atoms with van der Waals surface area (Å²) in [5.74, 6) is -1.85. The summed E-state index contributed by atoms with van der Waals surface area (Å²) in [5, 5.41) is 0.521. The van der Waals surface area contributed by atoms with Crippen molar-refractivity contribution in [3.05, 3.63) is 66.1 Å². The van der Waals surface area contributed by atoms with Gasteiger partial charge in [-0.25, -0.2) is 12.8 Å². The van der Waals surface area contributed by atoms with Crippen LogP contribution in [-0.2, 0) is 25.9 Å². The fourth-order valence-corrected chi connectivity index (χ4v) is 4.20. The molecule has 0 spiro atoms. The first-order valence-corrected chi connectivity index (χ1v) is 9.76. The molecule has 0 radical (unpaired) electrons. The number of ether oxygens (including phenoxy) is 1. The van der Waals surface area contributed by atoms with E-state index < -0.39 is 21.6 Å². The van der Waals surface area contributed by atoms with Crippen molar-refractivity contribution in [2.45, 2.75) is 18.4 Å². The molecule has 1 aromatic heterocycles. The van der Waals surface area contributed by atoms with Crippen molar-refractivity contribution in [1.29, 1.82) is 0 Å². The lowest BCUT2D eigenvalue weighted by Gasteiger charge is -2.05. The third-order valence-electron chi connectivity index (χ3n) is 3.94. The van der Waals surface area contributed by atoms with Gasteiger partial charge in [0.15, 0.2) is 15.6 Å².